The van der Waals surface area contributed by atoms with Gasteiger partial charge in [-0.2, -0.15) is 0 Å². The van der Waals surface area contributed by atoms with Crippen molar-refractivity contribution in [2.24, 2.45) is 5.73 Å². The number of aromatic nitrogens is 3. The maximum atomic E-state index is 6.06. The molecular weight excluding hydrogens is 152 g/mol. The molecule has 0 atom stereocenters. The predicted octanol–water partition coefficient (Wildman–Crippen LogP) is 0.561. The Balaban J connectivity index is 2.02. The highest BCUT2D eigenvalue weighted by molar-refractivity contribution is 5.16. The van der Waals surface area contributed by atoms with E-state index in [0.717, 1.165) is 18.7 Å². The van der Waals surface area contributed by atoms with E-state index in [1.54, 1.807) is 0 Å². The molecule has 2 aliphatic rings. The predicted molar refractivity (Wildman–Crippen MR) is 43.4 cm³/mol. The Hall–Kier alpha value is -0.900. The number of nitrogens with two attached hydrogens (primary N) is 1. The van der Waals surface area contributed by atoms with Gasteiger partial charge in [-0.25, -0.2) is 0 Å². The van der Waals surface area contributed by atoms with Crippen LogP contribution in [0.2, 0.25) is 0 Å². The van der Waals surface area contributed by atoms with E-state index in [0.29, 0.717) is 6.04 Å². The van der Waals surface area contributed by atoms with Gasteiger partial charge in [0, 0.05) is 6.04 Å². The molecule has 12 heavy (non-hydrogen) atoms. The minimum atomic E-state index is -0.126. The quantitative estimate of drug-likeness (QED) is 0.694. The largest absolute Gasteiger partial charge is 0.319 e. The van der Waals surface area contributed by atoms with Crippen LogP contribution in [0, 0.1) is 0 Å². The van der Waals surface area contributed by atoms with Crippen LogP contribution in [-0.4, -0.2) is 14.8 Å². The van der Waals surface area contributed by atoms with Crippen LogP contribution in [0.1, 0.15) is 37.5 Å². The molecule has 0 radical (unpaired) electrons. The second-order valence-corrected chi connectivity index (χ2v) is 3.95. The van der Waals surface area contributed by atoms with E-state index in [-0.39, 0.29) is 5.54 Å². The van der Waals surface area contributed by atoms with Crippen LogP contribution < -0.4 is 5.73 Å². The topological polar surface area (TPSA) is 56.7 Å². The fourth-order valence-corrected chi connectivity index (χ4v) is 1.58. The van der Waals surface area contributed by atoms with E-state index in [1.165, 1.54) is 12.8 Å². The van der Waals surface area contributed by atoms with Gasteiger partial charge in [0.2, 0.25) is 0 Å². The zero-order chi connectivity index (χ0) is 8.18. The second-order valence-electron chi connectivity index (χ2n) is 3.95. The van der Waals surface area contributed by atoms with E-state index < -0.39 is 0 Å². The summed E-state index contributed by atoms with van der Waals surface area (Å²) in [6, 6.07) is 0.649. The molecule has 1 aromatic heterocycles. The first kappa shape index (κ1) is 6.60. The van der Waals surface area contributed by atoms with Gasteiger partial charge in [0.05, 0.1) is 5.54 Å². The van der Waals surface area contributed by atoms with Gasteiger partial charge < -0.3 is 10.3 Å². The molecule has 4 heteroatoms. The Morgan fingerprint density at radius 3 is 2.83 bits per heavy atom. The molecule has 0 aliphatic heterocycles. The minimum Gasteiger partial charge on any atom is -0.319 e. The lowest BCUT2D eigenvalue weighted by molar-refractivity contribution is 0.587. The summed E-state index contributed by atoms with van der Waals surface area (Å²) in [6.07, 6.45) is 6.49. The average Bonchev–Trinajstić information content (AvgIpc) is 2.97. The molecule has 2 aliphatic carbocycles. The summed E-state index contributed by atoms with van der Waals surface area (Å²) >= 11 is 0. The number of rotatable bonds is 2. The maximum Gasteiger partial charge on any atom is 0.153 e. The molecular formula is C8H12N4. The highest BCUT2D eigenvalue weighted by Gasteiger charge is 2.46. The van der Waals surface area contributed by atoms with E-state index >= 15 is 0 Å². The summed E-state index contributed by atoms with van der Waals surface area (Å²) in [5.41, 5.74) is 5.93. The molecule has 4 nitrogen and oxygen atoms in total. The van der Waals surface area contributed by atoms with Crippen LogP contribution in [0.15, 0.2) is 6.33 Å². The normalized spacial score (nSPS) is 25.8. The van der Waals surface area contributed by atoms with Gasteiger partial charge in [0.25, 0.3) is 0 Å². The van der Waals surface area contributed by atoms with Gasteiger partial charge in [-0.3, -0.25) is 0 Å². The van der Waals surface area contributed by atoms with E-state index in [1.807, 2.05) is 6.33 Å². The van der Waals surface area contributed by atoms with Gasteiger partial charge in [0.1, 0.15) is 6.33 Å². The third-order valence-corrected chi connectivity index (χ3v) is 2.75. The summed E-state index contributed by atoms with van der Waals surface area (Å²) < 4.78 is 2.16. The zero-order valence-electron chi connectivity index (χ0n) is 6.90. The van der Waals surface area contributed by atoms with Crippen LogP contribution >= 0.6 is 0 Å². The molecule has 0 amide bonds. The lowest BCUT2D eigenvalue weighted by atomic mass is 10.3. The van der Waals surface area contributed by atoms with Crippen molar-refractivity contribution >= 4 is 0 Å². The first-order valence-electron chi connectivity index (χ1n) is 4.48. The van der Waals surface area contributed by atoms with Crippen LogP contribution in [0.4, 0.5) is 0 Å². The smallest absolute Gasteiger partial charge is 0.153 e. The SMILES string of the molecule is NC1(c2nncn2C2CC2)CC1. The standard InChI is InChI=1S/C8H12N4/c9-8(3-4-8)7-11-10-5-12(7)6-1-2-6/h5-6H,1-4,9H2. The molecule has 0 aromatic carbocycles. The highest BCUT2D eigenvalue weighted by Crippen LogP contribution is 2.45. The molecule has 0 saturated heterocycles. The summed E-state index contributed by atoms with van der Waals surface area (Å²) in [5, 5.41) is 8.02. The van der Waals surface area contributed by atoms with Gasteiger partial charge in [-0.05, 0) is 25.7 Å². The van der Waals surface area contributed by atoms with Crippen molar-refractivity contribution in [3.05, 3.63) is 12.2 Å². The summed E-state index contributed by atoms with van der Waals surface area (Å²) in [5.74, 6) is 1.00. The second kappa shape index (κ2) is 1.88. The Morgan fingerprint density at radius 2 is 2.25 bits per heavy atom. The summed E-state index contributed by atoms with van der Waals surface area (Å²) in [7, 11) is 0. The highest BCUT2D eigenvalue weighted by atomic mass is 15.3. The zero-order valence-corrected chi connectivity index (χ0v) is 6.90. The fourth-order valence-electron chi connectivity index (χ4n) is 1.58. The van der Waals surface area contributed by atoms with Crippen LogP contribution in [0.3, 0.4) is 0 Å². The average molecular weight is 164 g/mol. The Bertz CT molecular complexity index is 309. The van der Waals surface area contributed by atoms with Crippen LogP contribution in [-0.2, 0) is 5.54 Å². The third kappa shape index (κ3) is 0.813. The molecule has 1 heterocycles. The number of nitrogens with zero attached hydrogens (tertiary/aromatic N) is 3. The van der Waals surface area contributed by atoms with Crippen molar-refractivity contribution in [3.8, 4) is 0 Å². The Labute approximate surface area is 70.8 Å². The molecule has 0 unspecified atom stereocenters. The van der Waals surface area contributed by atoms with Gasteiger partial charge in [-0.15, -0.1) is 10.2 Å². The molecule has 2 N–H and O–H groups in total. The molecule has 2 fully saturated rings. The van der Waals surface area contributed by atoms with Crippen molar-refractivity contribution in [3.63, 3.8) is 0 Å². The molecule has 3 rings (SSSR count). The Morgan fingerprint density at radius 1 is 1.50 bits per heavy atom. The molecule has 0 bridgehead atoms. The number of hydrogen-bond donors (Lipinski definition) is 1. The molecule has 2 saturated carbocycles. The lowest BCUT2D eigenvalue weighted by Crippen LogP contribution is -2.23. The van der Waals surface area contributed by atoms with Gasteiger partial charge in [0.15, 0.2) is 5.82 Å². The van der Waals surface area contributed by atoms with E-state index in [4.69, 9.17) is 5.73 Å². The molecule has 64 valence electrons. The van der Waals surface area contributed by atoms with E-state index in [9.17, 15) is 0 Å². The molecule has 1 aromatic rings. The van der Waals surface area contributed by atoms with Crippen molar-refractivity contribution in [2.75, 3.05) is 0 Å². The summed E-state index contributed by atoms with van der Waals surface area (Å²) in [4.78, 5) is 0. The fraction of sp³-hybridized carbons (Fsp3) is 0.750. The van der Waals surface area contributed by atoms with Crippen molar-refractivity contribution in [2.45, 2.75) is 37.3 Å². The monoisotopic (exact) mass is 164 g/mol. The first-order chi connectivity index (χ1) is 5.80. The van der Waals surface area contributed by atoms with E-state index in [2.05, 4.69) is 14.8 Å². The Kier molecular flexibility index (Phi) is 1.03. The summed E-state index contributed by atoms with van der Waals surface area (Å²) in [6.45, 7) is 0. The van der Waals surface area contributed by atoms with Crippen LogP contribution in [0.25, 0.3) is 0 Å². The maximum absolute atomic E-state index is 6.06. The van der Waals surface area contributed by atoms with Gasteiger partial charge >= 0.3 is 0 Å². The first-order valence-corrected chi connectivity index (χ1v) is 4.48. The van der Waals surface area contributed by atoms with Crippen molar-refractivity contribution < 1.29 is 0 Å². The van der Waals surface area contributed by atoms with Gasteiger partial charge in [-0.1, -0.05) is 0 Å². The minimum absolute atomic E-state index is 0.126. The van der Waals surface area contributed by atoms with Crippen LogP contribution in [0.5, 0.6) is 0 Å². The van der Waals surface area contributed by atoms with Crippen molar-refractivity contribution in [1.29, 1.82) is 0 Å². The number of hydrogen-bond acceptors (Lipinski definition) is 3. The van der Waals surface area contributed by atoms with Crippen molar-refractivity contribution in [1.82, 2.24) is 14.8 Å². The lowest BCUT2D eigenvalue weighted by Gasteiger charge is -2.09. The third-order valence-electron chi connectivity index (χ3n) is 2.75. The molecule has 0 spiro atoms.